The van der Waals surface area contributed by atoms with Crippen LogP contribution in [0.1, 0.15) is 47.5 Å². The number of carbonyl (C=O) groups is 2. The van der Waals surface area contributed by atoms with Gasteiger partial charge in [0.1, 0.15) is 0 Å². The van der Waals surface area contributed by atoms with Gasteiger partial charge >= 0.3 is 5.97 Å². The predicted octanol–water partition coefficient (Wildman–Crippen LogP) is 4.87. The Morgan fingerprint density at radius 2 is 1.83 bits per heavy atom. The second-order valence-electron chi connectivity index (χ2n) is 6.86. The van der Waals surface area contributed by atoms with Gasteiger partial charge in [-0.15, -0.1) is 0 Å². The standard InChI is InChI=1S/C21H28O3/c1-15(8-7-9-16(2)14-20(23)24-6)10-11-18-17(3)19(22)12-13-21(18,4)5/h7-11,14H,12-13H2,1-6H3/b9-7+,11-10+,15-8-,16-14+. The molecule has 0 fully saturated rings. The van der Waals surface area contributed by atoms with Crippen LogP contribution in [0, 0.1) is 5.41 Å². The number of ketones is 1. The van der Waals surface area contributed by atoms with Gasteiger partial charge in [0, 0.05) is 12.5 Å². The third-order valence-electron chi connectivity index (χ3n) is 4.31. The van der Waals surface area contributed by atoms with E-state index >= 15 is 0 Å². The molecule has 0 spiro atoms. The van der Waals surface area contributed by atoms with E-state index in [1.54, 1.807) is 0 Å². The summed E-state index contributed by atoms with van der Waals surface area (Å²) in [4.78, 5) is 23.1. The number of rotatable bonds is 5. The second-order valence-corrected chi connectivity index (χ2v) is 6.86. The highest BCUT2D eigenvalue weighted by Crippen LogP contribution is 2.39. The van der Waals surface area contributed by atoms with E-state index in [0.29, 0.717) is 6.42 Å². The Balaban J connectivity index is 2.86. The fourth-order valence-corrected chi connectivity index (χ4v) is 2.67. The van der Waals surface area contributed by atoms with Crippen molar-refractivity contribution < 1.29 is 14.3 Å². The zero-order chi connectivity index (χ0) is 18.3. The van der Waals surface area contributed by atoms with Gasteiger partial charge in [-0.05, 0) is 49.3 Å². The number of hydrogen-bond acceptors (Lipinski definition) is 3. The number of ether oxygens (including phenoxy) is 1. The lowest BCUT2D eigenvalue weighted by atomic mass is 9.72. The van der Waals surface area contributed by atoms with E-state index in [4.69, 9.17) is 0 Å². The van der Waals surface area contributed by atoms with Crippen LogP contribution in [0.25, 0.3) is 0 Å². The number of Topliss-reactive ketones (excluding diaryl/α,β-unsaturated/α-hetero) is 1. The lowest BCUT2D eigenvalue weighted by Crippen LogP contribution is -2.24. The maximum atomic E-state index is 11.9. The molecule has 24 heavy (non-hydrogen) atoms. The summed E-state index contributed by atoms with van der Waals surface area (Å²) < 4.78 is 4.58. The average Bonchev–Trinajstić information content (AvgIpc) is 2.51. The van der Waals surface area contributed by atoms with Gasteiger partial charge in [-0.2, -0.15) is 0 Å². The van der Waals surface area contributed by atoms with E-state index in [9.17, 15) is 9.59 Å². The Morgan fingerprint density at radius 1 is 1.17 bits per heavy atom. The molecule has 0 aromatic carbocycles. The van der Waals surface area contributed by atoms with Crippen molar-refractivity contribution in [3.63, 3.8) is 0 Å². The molecule has 0 aromatic rings. The minimum absolute atomic E-state index is 0.0322. The molecular formula is C21H28O3. The number of esters is 1. The average molecular weight is 328 g/mol. The molecule has 0 amide bonds. The van der Waals surface area contributed by atoms with Crippen molar-refractivity contribution >= 4 is 11.8 Å². The first kappa shape index (κ1) is 19.9. The van der Waals surface area contributed by atoms with Crippen LogP contribution in [0.5, 0.6) is 0 Å². The highest BCUT2D eigenvalue weighted by atomic mass is 16.5. The summed E-state index contributed by atoms with van der Waals surface area (Å²) >= 11 is 0. The number of methoxy groups -OCH3 is 1. The van der Waals surface area contributed by atoms with Crippen molar-refractivity contribution in [3.05, 3.63) is 58.7 Å². The summed E-state index contributed by atoms with van der Waals surface area (Å²) in [5.41, 5.74) is 3.93. The van der Waals surface area contributed by atoms with Gasteiger partial charge in [0.15, 0.2) is 5.78 Å². The Hall–Kier alpha value is -2.16. The van der Waals surface area contributed by atoms with Crippen molar-refractivity contribution in [2.45, 2.75) is 47.5 Å². The third kappa shape index (κ3) is 5.80. The monoisotopic (exact) mass is 328 g/mol. The summed E-state index contributed by atoms with van der Waals surface area (Å²) in [7, 11) is 1.36. The number of allylic oxidation sites excluding steroid dienone is 9. The smallest absolute Gasteiger partial charge is 0.330 e. The van der Waals surface area contributed by atoms with E-state index in [-0.39, 0.29) is 17.2 Å². The molecule has 0 bridgehead atoms. The van der Waals surface area contributed by atoms with E-state index in [1.807, 2.05) is 45.1 Å². The number of hydrogen-bond donors (Lipinski definition) is 0. The van der Waals surface area contributed by atoms with E-state index in [2.05, 4.69) is 24.7 Å². The molecule has 0 saturated heterocycles. The molecule has 0 aromatic heterocycles. The van der Waals surface area contributed by atoms with Crippen LogP contribution in [0.2, 0.25) is 0 Å². The van der Waals surface area contributed by atoms with Crippen molar-refractivity contribution in [1.29, 1.82) is 0 Å². The van der Waals surface area contributed by atoms with Crippen molar-refractivity contribution in [2.24, 2.45) is 5.41 Å². The molecule has 3 heteroatoms. The lowest BCUT2D eigenvalue weighted by Gasteiger charge is -2.32. The molecule has 0 N–H and O–H groups in total. The molecule has 0 atom stereocenters. The SMILES string of the molecule is COC(=O)/C=C(C)/C=C/C=C(C)\C=C\C1=C(C)C(=O)CCC1(C)C. The molecular weight excluding hydrogens is 300 g/mol. The lowest BCUT2D eigenvalue weighted by molar-refractivity contribution is -0.134. The summed E-state index contributed by atoms with van der Waals surface area (Å²) in [5.74, 6) is -0.108. The first-order valence-corrected chi connectivity index (χ1v) is 8.21. The maximum absolute atomic E-state index is 11.9. The Morgan fingerprint density at radius 3 is 2.46 bits per heavy atom. The van der Waals surface area contributed by atoms with Crippen LogP contribution in [0.15, 0.2) is 58.7 Å². The topological polar surface area (TPSA) is 43.4 Å². The van der Waals surface area contributed by atoms with Gasteiger partial charge in [-0.25, -0.2) is 4.79 Å². The molecule has 0 saturated carbocycles. The van der Waals surface area contributed by atoms with E-state index in [1.165, 1.54) is 13.2 Å². The summed E-state index contributed by atoms with van der Waals surface area (Å²) in [6, 6.07) is 0. The van der Waals surface area contributed by atoms with Gasteiger partial charge in [-0.3, -0.25) is 4.79 Å². The van der Waals surface area contributed by atoms with E-state index < -0.39 is 0 Å². The maximum Gasteiger partial charge on any atom is 0.330 e. The Kier molecular flexibility index (Phi) is 7.15. The van der Waals surface area contributed by atoms with Crippen LogP contribution >= 0.6 is 0 Å². The second kappa shape index (κ2) is 8.62. The first-order chi connectivity index (χ1) is 11.2. The predicted molar refractivity (Wildman–Crippen MR) is 98.5 cm³/mol. The zero-order valence-electron chi connectivity index (χ0n) is 15.6. The molecule has 1 rings (SSSR count). The first-order valence-electron chi connectivity index (χ1n) is 8.21. The fourth-order valence-electron chi connectivity index (χ4n) is 2.67. The fraction of sp³-hybridized carbons (Fsp3) is 0.429. The summed E-state index contributed by atoms with van der Waals surface area (Å²) in [6.07, 6.45) is 12.8. The van der Waals surface area contributed by atoms with Crippen molar-refractivity contribution in [1.82, 2.24) is 0 Å². The van der Waals surface area contributed by atoms with E-state index in [0.717, 1.165) is 28.7 Å². The highest BCUT2D eigenvalue weighted by Gasteiger charge is 2.30. The zero-order valence-corrected chi connectivity index (χ0v) is 15.6. The molecule has 1 aliphatic carbocycles. The molecule has 0 radical (unpaired) electrons. The van der Waals surface area contributed by atoms with Crippen LogP contribution in [-0.4, -0.2) is 18.9 Å². The van der Waals surface area contributed by atoms with Crippen LogP contribution in [-0.2, 0) is 14.3 Å². The quantitative estimate of drug-likeness (QED) is 0.411. The van der Waals surface area contributed by atoms with Crippen LogP contribution in [0.4, 0.5) is 0 Å². The van der Waals surface area contributed by atoms with Crippen molar-refractivity contribution in [2.75, 3.05) is 7.11 Å². The molecule has 0 heterocycles. The molecule has 130 valence electrons. The van der Waals surface area contributed by atoms with Crippen LogP contribution in [0.3, 0.4) is 0 Å². The summed E-state index contributed by atoms with van der Waals surface area (Å²) in [5, 5.41) is 0. The minimum atomic E-state index is -0.357. The molecule has 0 aliphatic heterocycles. The largest absolute Gasteiger partial charge is 0.466 e. The minimum Gasteiger partial charge on any atom is -0.466 e. The molecule has 3 nitrogen and oxygen atoms in total. The van der Waals surface area contributed by atoms with Gasteiger partial charge in [-0.1, -0.05) is 49.8 Å². The van der Waals surface area contributed by atoms with Crippen molar-refractivity contribution in [3.8, 4) is 0 Å². The highest BCUT2D eigenvalue weighted by molar-refractivity contribution is 5.97. The normalized spacial score (nSPS) is 19.5. The summed E-state index contributed by atoms with van der Waals surface area (Å²) in [6.45, 7) is 10.1. The van der Waals surface area contributed by atoms with Gasteiger partial charge in [0.2, 0.25) is 0 Å². The Labute approximate surface area is 145 Å². The van der Waals surface area contributed by atoms with Gasteiger partial charge in [0.05, 0.1) is 7.11 Å². The number of carbonyl (C=O) groups excluding carboxylic acids is 2. The van der Waals surface area contributed by atoms with Gasteiger partial charge < -0.3 is 4.74 Å². The van der Waals surface area contributed by atoms with Crippen LogP contribution < -0.4 is 0 Å². The molecule has 1 aliphatic rings. The Bertz CT molecular complexity index is 653. The third-order valence-corrected chi connectivity index (χ3v) is 4.31. The molecule has 0 unspecified atom stereocenters. The van der Waals surface area contributed by atoms with Gasteiger partial charge in [0.25, 0.3) is 0 Å².